The van der Waals surface area contributed by atoms with Gasteiger partial charge in [0.15, 0.2) is 10.3 Å². The van der Waals surface area contributed by atoms with Crippen LogP contribution in [0.15, 0.2) is 73.1 Å². The third kappa shape index (κ3) is 11.7. The smallest absolute Gasteiger partial charge is 0.347 e. The summed E-state index contributed by atoms with van der Waals surface area (Å²) in [4.78, 5) is 54.5. The number of nitrogen functional groups attached to an aromatic ring is 1. The van der Waals surface area contributed by atoms with Crippen molar-refractivity contribution in [1.82, 2.24) is 9.97 Å². The van der Waals surface area contributed by atoms with Gasteiger partial charge >= 0.3 is 11.9 Å². The van der Waals surface area contributed by atoms with Crippen molar-refractivity contribution >= 4 is 79.7 Å². The zero-order valence-corrected chi connectivity index (χ0v) is 30.7. The summed E-state index contributed by atoms with van der Waals surface area (Å²) in [6, 6.07) is 17.3. The number of hydrogen-bond donors (Lipinski definition) is 6. The van der Waals surface area contributed by atoms with E-state index in [0.717, 1.165) is 28.2 Å². The molecule has 0 saturated carbocycles. The number of ether oxygens (including phenoxy) is 2. The topological polar surface area (TPSA) is 215 Å². The van der Waals surface area contributed by atoms with E-state index >= 15 is 0 Å². The van der Waals surface area contributed by atoms with Crippen LogP contribution in [0.5, 0.6) is 11.5 Å². The van der Waals surface area contributed by atoms with Gasteiger partial charge in [0.2, 0.25) is 0 Å². The normalized spacial score (nSPS) is 10.6. The second kappa shape index (κ2) is 18.0. The van der Waals surface area contributed by atoms with E-state index in [1.54, 1.807) is 30.3 Å². The van der Waals surface area contributed by atoms with Gasteiger partial charge in [-0.1, -0.05) is 52.5 Å². The Morgan fingerprint density at radius 3 is 1.75 bits per heavy atom. The molecule has 0 spiro atoms. The Morgan fingerprint density at radius 1 is 0.769 bits per heavy atom. The number of thiazole rings is 2. The second-order valence-electron chi connectivity index (χ2n) is 11.4. The molecule has 3 aromatic carbocycles. The lowest BCUT2D eigenvalue weighted by Crippen LogP contribution is -2.13. The summed E-state index contributed by atoms with van der Waals surface area (Å²) in [5.41, 5.74) is 8.42. The molecule has 0 aliphatic carbocycles. The van der Waals surface area contributed by atoms with Crippen molar-refractivity contribution in [3.8, 4) is 11.5 Å². The summed E-state index contributed by atoms with van der Waals surface area (Å²) < 4.78 is 11.3. The number of benzene rings is 3. The minimum Gasteiger partial charge on any atom is -0.491 e. The summed E-state index contributed by atoms with van der Waals surface area (Å²) in [5, 5.41) is 27.3. The number of carboxylic acid groups (broad SMARTS) is 2. The molecule has 0 unspecified atom stereocenters. The Morgan fingerprint density at radius 2 is 1.27 bits per heavy atom. The number of halogens is 1. The van der Waals surface area contributed by atoms with E-state index in [-0.39, 0.29) is 32.2 Å². The zero-order valence-electron chi connectivity index (χ0n) is 28.3. The van der Waals surface area contributed by atoms with Gasteiger partial charge in [-0.3, -0.25) is 20.2 Å². The van der Waals surface area contributed by atoms with Crippen LogP contribution in [0.3, 0.4) is 0 Å². The molecule has 2 amide bonds. The van der Waals surface area contributed by atoms with Crippen molar-refractivity contribution in [2.75, 3.05) is 21.7 Å². The number of aromatic carboxylic acids is 2. The highest BCUT2D eigenvalue weighted by Crippen LogP contribution is 2.26. The van der Waals surface area contributed by atoms with Crippen LogP contribution in [-0.2, 0) is 6.54 Å². The molecular weight excluding hydrogens is 732 g/mol. The number of carboxylic acids is 2. The van der Waals surface area contributed by atoms with Gasteiger partial charge in [-0.25, -0.2) is 19.6 Å². The summed E-state index contributed by atoms with van der Waals surface area (Å²) in [6.45, 7) is 8.00. The van der Waals surface area contributed by atoms with E-state index in [1.807, 2.05) is 52.0 Å². The highest BCUT2D eigenvalue weighted by Gasteiger charge is 2.16. The Labute approximate surface area is 311 Å². The maximum atomic E-state index is 12.7. The molecule has 0 radical (unpaired) electrons. The van der Waals surface area contributed by atoms with Crippen molar-refractivity contribution in [2.24, 2.45) is 0 Å². The van der Waals surface area contributed by atoms with Gasteiger partial charge in [-0.15, -0.1) is 0 Å². The molecule has 2 aromatic heterocycles. The number of rotatable bonds is 13. The fourth-order valence-corrected chi connectivity index (χ4v) is 5.81. The van der Waals surface area contributed by atoms with Crippen molar-refractivity contribution < 1.29 is 38.9 Å². The maximum Gasteiger partial charge on any atom is 0.347 e. The molecule has 0 fully saturated rings. The molecule has 5 aromatic rings. The first-order valence-corrected chi connectivity index (χ1v) is 17.5. The second-order valence-corrected chi connectivity index (χ2v) is 13.9. The standard InChI is InChI=1S/C21H20ClN3O4S.C14H15N3O4S/c1-12(2)29-16-8-14(19(26)25-21-24-11-18(30-21)20(27)28)7-15(9-16)23-10-13-5-3-4-6-17(13)22;1-7(2)21-10-4-8(3-9(15)5-10)12(18)17-14-16-6-11(22-14)13(19)20/h3-9,11-12,23H,10H2,1-2H3,(H,27,28)(H,24,25,26);3-7H,15H2,1-2H3,(H,19,20)(H,16,17,18). The lowest BCUT2D eigenvalue weighted by atomic mass is 10.1. The van der Waals surface area contributed by atoms with Crippen LogP contribution in [0.25, 0.3) is 0 Å². The van der Waals surface area contributed by atoms with Crippen LogP contribution < -0.4 is 31.2 Å². The fourth-order valence-electron chi connectivity index (χ4n) is 4.30. The lowest BCUT2D eigenvalue weighted by Gasteiger charge is -2.15. The van der Waals surface area contributed by atoms with Gasteiger partial charge in [-0.05, 0) is 63.6 Å². The van der Waals surface area contributed by atoms with Crippen LogP contribution in [0.4, 0.5) is 21.6 Å². The van der Waals surface area contributed by atoms with Crippen molar-refractivity contribution in [3.05, 3.63) is 105 Å². The molecule has 0 aliphatic heterocycles. The van der Waals surface area contributed by atoms with Gasteiger partial charge in [0.25, 0.3) is 11.8 Å². The first-order chi connectivity index (χ1) is 24.7. The van der Waals surface area contributed by atoms with E-state index in [0.29, 0.717) is 45.6 Å². The molecule has 5 rings (SSSR count). The first-order valence-electron chi connectivity index (χ1n) is 15.5. The van der Waals surface area contributed by atoms with Crippen LogP contribution in [0.1, 0.15) is 73.3 Å². The number of carbonyl (C=O) groups excluding carboxylic acids is 2. The largest absolute Gasteiger partial charge is 0.491 e. The van der Waals surface area contributed by atoms with Crippen molar-refractivity contribution in [1.29, 1.82) is 0 Å². The average Bonchev–Trinajstić information content (AvgIpc) is 3.74. The summed E-state index contributed by atoms with van der Waals surface area (Å²) in [7, 11) is 0. The highest BCUT2D eigenvalue weighted by atomic mass is 35.5. The van der Waals surface area contributed by atoms with Gasteiger partial charge in [0.05, 0.1) is 24.6 Å². The van der Waals surface area contributed by atoms with Gasteiger partial charge < -0.3 is 30.7 Å². The van der Waals surface area contributed by atoms with Crippen LogP contribution in [-0.4, -0.2) is 56.1 Å². The molecule has 14 nitrogen and oxygen atoms in total. The molecule has 0 aliphatic rings. The Bertz CT molecular complexity index is 2070. The van der Waals surface area contributed by atoms with E-state index in [4.69, 9.17) is 37.0 Å². The first kappa shape index (κ1) is 39.1. The molecule has 17 heteroatoms. The van der Waals surface area contributed by atoms with Crippen LogP contribution in [0, 0.1) is 0 Å². The van der Waals surface area contributed by atoms with Crippen molar-refractivity contribution in [3.63, 3.8) is 0 Å². The Kier molecular flexibility index (Phi) is 13.5. The summed E-state index contributed by atoms with van der Waals surface area (Å²) in [5.74, 6) is -2.01. The van der Waals surface area contributed by atoms with Crippen LogP contribution >= 0.6 is 34.3 Å². The summed E-state index contributed by atoms with van der Waals surface area (Å²) in [6.07, 6.45) is 2.28. The number of carbonyl (C=O) groups is 4. The predicted octanol–water partition coefficient (Wildman–Crippen LogP) is 7.61. The van der Waals surface area contributed by atoms with E-state index in [2.05, 4.69) is 25.9 Å². The van der Waals surface area contributed by atoms with E-state index in [1.165, 1.54) is 18.5 Å². The van der Waals surface area contributed by atoms with E-state index < -0.39 is 23.8 Å². The predicted molar refractivity (Wildman–Crippen MR) is 202 cm³/mol. The maximum absolute atomic E-state index is 12.7. The minimum atomic E-state index is -1.09. The number of amides is 2. The molecule has 0 atom stereocenters. The lowest BCUT2D eigenvalue weighted by molar-refractivity contribution is 0.0691. The van der Waals surface area contributed by atoms with Gasteiger partial charge in [0.1, 0.15) is 21.3 Å². The molecule has 7 N–H and O–H groups in total. The third-order valence-electron chi connectivity index (χ3n) is 6.42. The highest BCUT2D eigenvalue weighted by molar-refractivity contribution is 7.17. The number of anilines is 4. The number of hydrogen-bond acceptors (Lipinski definition) is 12. The van der Waals surface area contributed by atoms with Gasteiger partial charge in [0, 0.05) is 46.2 Å². The monoisotopic (exact) mass is 766 g/mol. The SMILES string of the molecule is CC(C)Oc1cc(N)cc(C(=O)Nc2ncc(C(=O)O)s2)c1.CC(C)Oc1cc(NCc2ccccc2Cl)cc(C(=O)Nc2ncc(C(=O)O)s2)c1. The van der Waals surface area contributed by atoms with E-state index in [9.17, 15) is 19.2 Å². The minimum absolute atomic E-state index is 0.0456. The molecule has 2 heterocycles. The Hall–Kier alpha value is -5.71. The number of nitrogens with two attached hydrogens (primary N) is 1. The average molecular weight is 767 g/mol. The Balaban J connectivity index is 0.000000244. The number of aromatic nitrogens is 2. The molecule has 272 valence electrons. The van der Waals surface area contributed by atoms with Crippen LogP contribution in [0.2, 0.25) is 5.02 Å². The molecule has 0 saturated heterocycles. The third-order valence-corrected chi connectivity index (χ3v) is 8.59. The fraction of sp³-hybridized carbons (Fsp3) is 0.200. The van der Waals surface area contributed by atoms with Crippen molar-refractivity contribution in [2.45, 2.75) is 46.4 Å². The molecule has 52 heavy (non-hydrogen) atoms. The summed E-state index contributed by atoms with van der Waals surface area (Å²) >= 11 is 7.98. The number of nitrogens with zero attached hydrogens (tertiary/aromatic N) is 2. The quantitative estimate of drug-likeness (QED) is 0.0639. The molecular formula is C35H35ClN6O8S2. The van der Waals surface area contributed by atoms with Gasteiger partial charge in [-0.2, -0.15) is 0 Å². The number of nitrogens with one attached hydrogen (secondary N) is 3. The zero-order chi connectivity index (χ0) is 37.9. The molecule has 0 bridgehead atoms.